The third kappa shape index (κ3) is 8.67. The second-order valence-electron chi connectivity index (χ2n) is 10.6. The average molecular weight is 497 g/mol. The number of rotatable bonds is 14. The monoisotopic (exact) mass is 496 g/mol. The van der Waals surface area contributed by atoms with Crippen LogP contribution >= 0.6 is 0 Å². The Morgan fingerprint density at radius 1 is 0.944 bits per heavy atom. The molecule has 0 spiro atoms. The summed E-state index contributed by atoms with van der Waals surface area (Å²) in [4.78, 5) is 21.3. The molecule has 2 aromatic rings. The smallest absolute Gasteiger partial charge is 0.341 e. The highest BCUT2D eigenvalue weighted by atomic mass is 19.1. The lowest BCUT2D eigenvalue weighted by Crippen LogP contribution is -2.31. The second-order valence-corrected chi connectivity index (χ2v) is 10.6. The van der Waals surface area contributed by atoms with Crippen molar-refractivity contribution in [2.24, 2.45) is 5.92 Å². The minimum Gasteiger partial charge on any atom is -0.460 e. The first-order valence-corrected chi connectivity index (χ1v) is 14.3. The predicted octanol–water partition coefficient (Wildman–Crippen LogP) is 8.39. The molecule has 2 atom stereocenters. The van der Waals surface area contributed by atoms with Crippen LogP contribution in [0.4, 0.5) is 4.39 Å². The zero-order valence-electron chi connectivity index (χ0n) is 22.6. The maximum absolute atomic E-state index is 14.1. The largest absolute Gasteiger partial charge is 0.460 e. The van der Waals surface area contributed by atoms with Crippen molar-refractivity contribution in [3.05, 3.63) is 47.8 Å². The molecule has 0 bridgehead atoms. The van der Waals surface area contributed by atoms with Gasteiger partial charge >= 0.3 is 5.97 Å². The van der Waals surface area contributed by atoms with E-state index in [1.807, 2.05) is 19.3 Å². The number of nitrogens with zero attached hydrogens (tertiary/aromatic N) is 2. The van der Waals surface area contributed by atoms with E-state index in [1.54, 1.807) is 6.92 Å². The maximum Gasteiger partial charge on any atom is 0.341 e. The highest BCUT2D eigenvalue weighted by Crippen LogP contribution is 2.35. The normalized spacial score (nSPS) is 19.6. The summed E-state index contributed by atoms with van der Waals surface area (Å²) in [7, 11) is 0. The quantitative estimate of drug-likeness (QED) is 0.195. The summed E-state index contributed by atoms with van der Waals surface area (Å²) >= 11 is 0. The van der Waals surface area contributed by atoms with Gasteiger partial charge in [-0.1, -0.05) is 90.0 Å². The van der Waals surface area contributed by atoms with Gasteiger partial charge < -0.3 is 4.74 Å². The minimum atomic E-state index is -1.52. The van der Waals surface area contributed by atoms with Gasteiger partial charge in [-0.2, -0.15) is 0 Å². The van der Waals surface area contributed by atoms with Crippen LogP contribution in [0.15, 0.2) is 36.7 Å². The van der Waals surface area contributed by atoms with Crippen LogP contribution in [0.3, 0.4) is 0 Å². The zero-order chi connectivity index (χ0) is 25.8. The lowest BCUT2D eigenvalue weighted by molar-refractivity contribution is -0.158. The summed E-state index contributed by atoms with van der Waals surface area (Å²) in [5.41, 5.74) is 3.54. The summed E-state index contributed by atoms with van der Waals surface area (Å²) in [5.74, 6) is 0.223. The number of alkyl halides is 1. The third-order valence-electron chi connectivity index (χ3n) is 7.74. The van der Waals surface area contributed by atoms with Crippen molar-refractivity contribution in [1.29, 1.82) is 0 Å². The number of carbonyl (C=O) groups is 1. The van der Waals surface area contributed by atoms with E-state index in [-0.39, 0.29) is 12.0 Å². The zero-order valence-corrected chi connectivity index (χ0v) is 22.6. The van der Waals surface area contributed by atoms with Crippen LogP contribution in [-0.4, -0.2) is 28.2 Å². The van der Waals surface area contributed by atoms with Gasteiger partial charge in [-0.05, 0) is 61.5 Å². The molecule has 3 rings (SSSR count). The molecule has 0 radical (unpaired) electrons. The highest BCUT2D eigenvalue weighted by Gasteiger charge is 2.30. The fraction of sp³-hybridized carbons (Fsp3) is 0.645. The van der Waals surface area contributed by atoms with E-state index in [2.05, 4.69) is 41.2 Å². The van der Waals surface area contributed by atoms with Crippen LogP contribution in [-0.2, 0) is 16.0 Å². The molecule has 36 heavy (non-hydrogen) atoms. The van der Waals surface area contributed by atoms with Crippen molar-refractivity contribution < 1.29 is 13.9 Å². The number of aryl methyl sites for hydroxylation is 1. The van der Waals surface area contributed by atoms with Gasteiger partial charge in [0.1, 0.15) is 6.10 Å². The Kier molecular flexibility index (Phi) is 11.8. The molecule has 1 fully saturated rings. The van der Waals surface area contributed by atoms with Crippen LogP contribution in [0, 0.1) is 5.92 Å². The van der Waals surface area contributed by atoms with Crippen LogP contribution in [0.2, 0.25) is 0 Å². The molecule has 0 unspecified atom stereocenters. The molecule has 1 saturated carbocycles. The van der Waals surface area contributed by atoms with Gasteiger partial charge in [0.05, 0.1) is 0 Å². The maximum atomic E-state index is 14.1. The van der Waals surface area contributed by atoms with Gasteiger partial charge in [0.2, 0.25) is 0 Å². The first-order valence-electron chi connectivity index (χ1n) is 14.3. The van der Waals surface area contributed by atoms with Gasteiger partial charge in [-0.15, -0.1) is 0 Å². The first-order chi connectivity index (χ1) is 17.5. The molecule has 0 amide bonds. The molecule has 1 aromatic heterocycles. The van der Waals surface area contributed by atoms with Gasteiger partial charge in [-0.3, -0.25) is 0 Å². The Bertz CT molecular complexity index is 892. The van der Waals surface area contributed by atoms with E-state index >= 15 is 0 Å². The fourth-order valence-corrected chi connectivity index (χ4v) is 5.01. The van der Waals surface area contributed by atoms with E-state index in [0.29, 0.717) is 12.3 Å². The molecule has 1 heterocycles. The van der Waals surface area contributed by atoms with E-state index in [9.17, 15) is 9.18 Å². The van der Waals surface area contributed by atoms with Crippen molar-refractivity contribution >= 4 is 5.97 Å². The Labute approximate surface area is 217 Å². The molecule has 1 aliphatic rings. The van der Waals surface area contributed by atoms with Crippen LogP contribution in [0.1, 0.15) is 115 Å². The number of ether oxygens (including phenoxy) is 1. The van der Waals surface area contributed by atoms with Crippen molar-refractivity contribution in [2.45, 2.75) is 122 Å². The Hall–Kier alpha value is -2.30. The van der Waals surface area contributed by atoms with E-state index < -0.39 is 12.1 Å². The summed E-state index contributed by atoms with van der Waals surface area (Å²) in [5, 5.41) is 0. The van der Waals surface area contributed by atoms with Crippen LogP contribution in [0.5, 0.6) is 0 Å². The number of unbranched alkanes of at least 4 members (excludes halogenated alkanes) is 6. The number of hydrogen-bond donors (Lipinski definition) is 0. The van der Waals surface area contributed by atoms with Gasteiger partial charge in [0.15, 0.2) is 12.0 Å². The summed E-state index contributed by atoms with van der Waals surface area (Å²) in [6.07, 6.45) is 16.6. The molecule has 0 N–H and O–H groups in total. The van der Waals surface area contributed by atoms with E-state index in [0.717, 1.165) is 43.5 Å². The fourth-order valence-electron chi connectivity index (χ4n) is 5.01. The first kappa shape index (κ1) is 28.3. The lowest BCUT2D eigenvalue weighted by atomic mass is 9.82. The SMILES string of the molecule is CCCCCCCCCc1cnc(-c2ccc(C3CCC(OC(=O)[C@@H](F)[C@@H](C)CC)CC3)cc2)nc1. The standard InChI is InChI=1S/C31H45FN2O2/c1-4-6-7-8-9-10-11-12-24-21-33-30(34-22-24)27-15-13-25(14-16-27)26-17-19-28(20-18-26)36-31(35)29(32)23(3)5-2/h13-16,21-23,26,28-29H,4-12,17-20H2,1-3H3/t23-,26?,28?,29-/m0/s1. The van der Waals surface area contributed by atoms with Crippen molar-refractivity contribution in [1.82, 2.24) is 9.97 Å². The van der Waals surface area contributed by atoms with Crippen molar-refractivity contribution in [3.63, 3.8) is 0 Å². The number of aromatic nitrogens is 2. The molecule has 0 saturated heterocycles. The van der Waals surface area contributed by atoms with Gasteiger partial charge in [-0.25, -0.2) is 19.2 Å². The molecule has 1 aromatic carbocycles. The molecular formula is C31H45FN2O2. The number of benzene rings is 1. The van der Waals surface area contributed by atoms with Crippen molar-refractivity contribution in [2.75, 3.05) is 0 Å². The predicted molar refractivity (Wildman–Crippen MR) is 145 cm³/mol. The summed E-state index contributed by atoms with van der Waals surface area (Å²) in [6, 6.07) is 8.55. The second kappa shape index (κ2) is 15.1. The molecule has 198 valence electrons. The summed E-state index contributed by atoms with van der Waals surface area (Å²) < 4.78 is 19.6. The van der Waals surface area contributed by atoms with Crippen LogP contribution in [0.25, 0.3) is 11.4 Å². The van der Waals surface area contributed by atoms with Crippen LogP contribution < -0.4 is 0 Å². The lowest BCUT2D eigenvalue weighted by Gasteiger charge is -2.29. The van der Waals surface area contributed by atoms with Crippen molar-refractivity contribution in [3.8, 4) is 11.4 Å². The highest BCUT2D eigenvalue weighted by molar-refractivity contribution is 5.75. The number of esters is 1. The molecule has 4 nitrogen and oxygen atoms in total. The Balaban J connectivity index is 1.42. The molecule has 1 aliphatic carbocycles. The summed E-state index contributed by atoms with van der Waals surface area (Å²) in [6.45, 7) is 5.90. The Morgan fingerprint density at radius 3 is 2.17 bits per heavy atom. The number of halogens is 1. The topological polar surface area (TPSA) is 52.1 Å². The van der Waals surface area contributed by atoms with Gasteiger partial charge in [0, 0.05) is 18.0 Å². The third-order valence-corrected chi connectivity index (χ3v) is 7.74. The van der Waals surface area contributed by atoms with Gasteiger partial charge in [0.25, 0.3) is 0 Å². The number of carbonyl (C=O) groups excluding carboxylic acids is 1. The molecule has 5 heteroatoms. The average Bonchev–Trinajstić information content (AvgIpc) is 2.92. The Morgan fingerprint density at radius 2 is 1.56 bits per heavy atom. The molecule has 0 aliphatic heterocycles. The minimum absolute atomic E-state index is 0.164. The van der Waals surface area contributed by atoms with E-state index in [4.69, 9.17) is 4.74 Å². The number of hydrogen-bond acceptors (Lipinski definition) is 4. The van der Waals surface area contributed by atoms with E-state index in [1.165, 1.54) is 56.1 Å². The molecular weight excluding hydrogens is 451 g/mol.